The number of H-pyrrole nitrogens is 1. The van der Waals surface area contributed by atoms with Crippen LogP contribution < -0.4 is 0 Å². The minimum Gasteiger partial charge on any atom is -0.479 e. The number of benzene rings is 1. The molecule has 1 amide bonds. The minimum atomic E-state index is -1.55. The summed E-state index contributed by atoms with van der Waals surface area (Å²) in [6.45, 7) is 5.00. The molecule has 31 heavy (non-hydrogen) atoms. The van der Waals surface area contributed by atoms with E-state index in [0.29, 0.717) is 31.6 Å². The van der Waals surface area contributed by atoms with Gasteiger partial charge in [0.05, 0.1) is 36.5 Å². The van der Waals surface area contributed by atoms with Gasteiger partial charge in [0.2, 0.25) is 0 Å². The second-order valence-corrected chi connectivity index (χ2v) is 8.37. The topological polar surface area (TPSA) is 125 Å². The van der Waals surface area contributed by atoms with Crippen molar-refractivity contribution in [2.45, 2.75) is 51.0 Å². The highest BCUT2D eigenvalue weighted by atomic mass is 16.6. The number of carbonyl (C=O) groups is 2. The van der Waals surface area contributed by atoms with E-state index >= 15 is 0 Å². The van der Waals surface area contributed by atoms with Crippen molar-refractivity contribution < 1.29 is 29.3 Å². The number of rotatable bonds is 5. The minimum absolute atomic E-state index is 0.106. The summed E-state index contributed by atoms with van der Waals surface area (Å²) in [7, 11) is 0. The number of ether oxygens (including phenoxy) is 2. The lowest BCUT2D eigenvalue weighted by Crippen LogP contribution is -2.43. The van der Waals surface area contributed by atoms with Gasteiger partial charge in [-0.05, 0) is 17.0 Å². The number of aliphatic hydroxyl groups is 1. The molecule has 4 atom stereocenters. The molecule has 4 rings (SSSR count). The maximum atomic E-state index is 13.0. The number of aromatic amines is 1. The number of carboxylic acid groups (broad SMARTS) is 1. The quantitative estimate of drug-likeness (QED) is 0.667. The number of carboxylic acids is 1. The zero-order valence-corrected chi connectivity index (χ0v) is 17.5. The molecule has 1 unspecified atom stereocenters. The van der Waals surface area contributed by atoms with Crippen molar-refractivity contribution in [2.24, 2.45) is 5.92 Å². The number of hydrogen-bond donors (Lipinski definition) is 3. The molecule has 3 heterocycles. The van der Waals surface area contributed by atoms with Gasteiger partial charge in [0.15, 0.2) is 6.10 Å². The van der Waals surface area contributed by atoms with Gasteiger partial charge in [-0.3, -0.25) is 4.90 Å². The molecule has 0 bridgehead atoms. The van der Waals surface area contributed by atoms with Gasteiger partial charge in [-0.2, -0.15) is 0 Å². The second kappa shape index (κ2) is 8.68. The highest BCUT2D eigenvalue weighted by Gasteiger charge is 2.38. The Morgan fingerprint density at radius 3 is 2.71 bits per heavy atom. The maximum absolute atomic E-state index is 13.0. The number of hydrogen-bond acceptors (Lipinski definition) is 6. The number of aromatic nitrogens is 2. The van der Waals surface area contributed by atoms with E-state index < -0.39 is 12.1 Å². The van der Waals surface area contributed by atoms with E-state index in [1.165, 1.54) is 0 Å². The molecular weight excluding hydrogens is 402 g/mol. The number of imidazole rings is 1. The number of fused-ring (bicyclic) bond motifs is 1. The van der Waals surface area contributed by atoms with Crippen molar-refractivity contribution in [3.63, 3.8) is 0 Å². The molecule has 2 aromatic rings. The Kier molecular flexibility index (Phi) is 5.97. The highest BCUT2D eigenvalue weighted by molar-refractivity contribution is 5.74. The lowest BCUT2D eigenvalue weighted by molar-refractivity contribution is -0.146. The summed E-state index contributed by atoms with van der Waals surface area (Å²) >= 11 is 0. The lowest BCUT2D eigenvalue weighted by atomic mass is 9.93. The number of aliphatic carboxylic acids is 1. The number of amides is 1. The highest BCUT2D eigenvalue weighted by Crippen LogP contribution is 2.35. The van der Waals surface area contributed by atoms with Crippen LogP contribution in [0.25, 0.3) is 0 Å². The fourth-order valence-corrected chi connectivity index (χ4v) is 4.37. The van der Waals surface area contributed by atoms with Gasteiger partial charge in [-0.1, -0.05) is 38.1 Å². The SMILES string of the molecule is CC(C)[C@H]1c2[nH]cnc2CCN1C(=O)O[C@@H]1COC(c2ccc([C@@H](O)C(=O)O)cc2)C1. The van der Waals surface area contributed by atoms with Crippen molar-refractivity contribution >= 4 is 12.1 Å². The van der Waals surface area contributed by atoms with Crippen molar-refractivity contribution in [1.29, 1.82) is 0 Å². The summed E-state index contributed by atoms with van der Waals surface area (Å²) in [5.74, 6) is -1.09. The van der Waals surface area contributed by atoms with Crippen LogP contribution in [0.5, 0.6) is 0 Å². The van der Waals surface area contributed by atoms with Crippen LogP contribution in [0, 0.1) is 5.92 Å². The molecule has 0 radical (unpaired) electrons. The number of aliphatic hydroxyl groups excluding tert-OH is 1. The van der Waals surface area contributed by atoms with Crippen molar-refractivity contribution in [1.82, 2.24) is 14.9 Å². The van der Waals surface area contributed by atoms with E-state index in [9.17, 15) is 14.7 Å². The molecule has 1 aromatic carbocycles. The molecule has 9 heteroatoms. The van der Waals surface area contributed by atoms with Crippen LogP contribution in [0.2, 0.25) is 0 Å². The Morgan fingerprint density at radius 2 is 2.03 bits per heavy atom. The van der Waals surface area contributed by atoms with E-state index in [2.05, 4.69) is 23.8 Å². The summed E-state index contributed by atoms with van der Waals surface area (Å²) in [6.07, 6.45) is 0.352. The predicted octanol–water partition coefficient (Wildman–Crippen LogP) is 2.75. The molecule has 2 aliphatic heterocycles. The van der Waals surface area contributed by atoms with Gasteiger partial charge in [-0.25, -0.2) is 14.6 Å². The molecule has 9 nitrogen and oxygen atoms in total. The molecular formula is C22H27N3O6. The zero-order chi connectivity index (χ0) is 22.1. The fourth-order valence-electron chi connectivity index (χ4n) is 4.37. The monoisotopic (exact) mass is 429 g/mol. The van der Waals surface area contributed by atoms with E-state index in [4.69, 9.17) is 14.6 Å². The van der Waals surface area contributed by atoms with E-state index in [1.807, 2.05) is 0 Å². The van der Waals surface area contributed by atoms with Crippen LogP contribution in [0.1, 0.15) is 61.0 Å². The maximum Gasteiger partial charge on any atom is 0.410 e. The molecule has 3 N–H and O–H groups in total. The molecule has 1 aromatic heterocycles. The third kappa shape index (κ3) is 4.28. The van der Waals surface area contributed by atoms with Crippen LogP contribution >= 0.6 is 0 Å². The van der Waals surface area contributed by atoms with Crippen LogP contribution in [-0.4, -0.2) is 56.4 Å². The van der Waals surface area contributed by atoms with Gasteiger partial charge < -0.3 is 24.7 Å². The van der Waals surface area contributed by atoms with Crippen LogP contribution in [-0.2, 0) is 20.7 Å². The van der Waals surface area contributed by atoms with E-state index in [0.717, 1.165) is 17.0 Å². The van der Waals surface area contributed by atoms with Crippen molar-refractivity contribution in [2.75, 3.05) is 13.2 Å². The Morgan fingerprint density at radius 1 is 1.29 bits per heavy atom. The summed E-state index contributed by atoms with van der Waals surface area (Å²) in [6, 6.07) is 6.50. The third-order valence-electron chi connectivity index (χ3n) is 5.92. The molecule has 1 fully saturated rings. The summed E-state index contributed by atoms with van der Waals surface area (Å²) in [4.78, 5) is 33.2. The Labute approximate surface area is 180 Å². The van der Waals surface area contributed by atoms with Gasteiger partial charge in [-0.15, -0.1) is 0 Å². The number of carbonyl (C=O) groups excluding carboxylic acids is 1. The number of nitrogens with one attached hydrogen (secondary N) is 1. The Hall–Kier alpha value is -2.91. The lowest BCUT2D eigenvalue weighted by Gasteiger charge is -2.37. The third-order valence-corrected chi connectivity index (χ3v) is 5.92. The first-order valence-corrected chi connectivity index (χ1v) is 10.5. The average molecular weight is 429 g/mol. The first-order valence-electron chi connectivity index (χ1n) is 10.5. The summed E-state index contributed by atoms with van der Waals surface area (Å²) in [5, 5.41) is 18.5. The molecule has 166 valence electrons. The van der Waals surface area contributed by atoms with Gasteiger partial charge in [0, 0.05) is 19.4 Å². The van der Waals surface area contributed by atoms with Gasteiger partial charge >= 0.3 is 12.1 Å². The first-order chi connectivity index (χ1) is 14.8. The number of nitrogens with zero attached hydrogens (tertiary/aromatic N) is 2. The van der Waals surface area contributed by atoms with Gasteiger partial charge in [0.25, 0.3) is 0 Å². The normalized spacial score (nSPS) is 24.1. The molecule has 0 saturated carbocycles. The largest absolute Gasteiger partial charge is 0.479 e. The molecule has 0 spiro atoms. The smallest absolute Gasteiger partial charge is 0.410 e. The first kappa shape index (κ1) is 21.3. The van der Waals surface area contributed by atoms with Crippen LogP contribution in [0.3, 0.4) is 0 Å². The van der Waals surface area contributed by atoms with Gasteiger partial charge in [0.1, 0.15) is 6.10 Å². The molecule has 1 saturated heterocycles. The summed E-state index contributed by atoms with van der Waals surface area (Å²) < 4.78 is 11.6. The van der Waals surface area contributed by atoms with Crippen molar-refractivity contribution in [3.05, 3.63) is 53.1 Å². The van der Waals surface area contributed by atoms with Crippen LogP contribution in [0.4, 0.5) is 4.79 Å². The Balaban J connectivity index is 1.38. The van der Waals surface area contributed by atoms with Crippen LogP contribution in [0.15, 0.2) is 30.6 Å². The second-order valence-electron chi connectivity index (χ2n) is 8.37. The molecule has 0 aliphatic carbocycles. The zero-order valence-electron chi connectivity index (χ0n) is 17.5. The molecule has 2 aliphatic rings. The van der Waals surface area contributed by atoms with E-state index in [1.54, 1.807) is 35.5 Å². The van der Waals surface area contributed by atoms with E-state index in [-0.39, 0.29) is 30.3 Å². The average Bonchev–Trinajstić information content (AvgIpc) is 3.41. The van der Waals surface area contributed by atoms with Crippen molar-refractivity contribution in [3.8, 4) is 0 Å². The summed E-state index contributed by atoms with van der Waals surface area (Å²) in [5.41, 5.74) is 3.13. The Bertz CT molecular complexity index is 941. The fraction of sp³-hybridized carbons (Fsp3) is 0.500. The standard InChI is InChI=1S/C22H27N3O6/c1-12(2)19-18-16(23-11-24-18)7-8-25(19)22(29)31-15-9-17(30-10-15)13-3-5-14(6-4-13)20(26)21(27)28/h3-6,11-12,15,17,19-20,26H,7-10H2,1-2H3,(H,23,24)(H,27,28)/t15-,17?,19-,20+/m0/s1. The predicted molar refractivity (Wildman–Crippen MR) is 109 cm³/mol.